The zero-order chi connectivity index (χ0) is 42.8. The van der Waals surface area contributed by atoms with Gasteiger partial charge in [0, 0.05) is 36.0 Å². The second-order valence-corrected chi connectivity index (χ2v) is 17.3. The molecule has 3 saturated carbocycles. The van der Waals surface area contributed by atoms with Crippen LogP contribution in [0.4, 0.5) is 18.0 Å². The maximum absolute atomic E-state index is 13.8. The number of fused-ring (bicyclic) bond motifs is 5. The Morgan fingerprint density at radius 2 is 1.83 bits per heavy atom. The van der Waals surface area contributed by atoms with Crippen molar-refractivity contribution in [3.63, 3.8) is 0 Å². The van der Waals surface area contributed by atoms with Gasteiger partial charge in [-0.05, 0) is 106 Å². The molecule has 14 heteroatoms. The van der Waals surface area contributed by atoms with Crippen molar-refractivity contribution in [1.82, 2.24) is 0 Å². The van der Waals surface area contributed by atoms with Crippen LogP contribution in [-0.4, -0.2) is 81.2 Å². The highest BCUT2D eigenvalue weighted by molar-refractivity contribution is 5.92. The summed E-state index contributed by atoms with van der Waals surface area (Å²) in [5.41, 5.74) is -1.34. The summed E-state index contributed by atoms with van der Waals surface area (Å²) in [4.78, 5) is 50.0. The molecule has 0 aliphatic heterocycles. The second-order valence-electron chi connectivity index (χ2n) is 17.3. The Kier molecular flexibility index (Phi) is 13.3. The number of carbonyl (C=O) groups is 4. The quantitative estimate of drug-likeness (QED) is 0.0784. The molecular formula is C45H55F3O11. The van der Waals surface area contributed by atoms with Crippen molar-refractivity contribution in [2.24, 2.45) is 34.5 Å². The molecule has 6 rings (SSSR count). The Morgan fingerprint density at radius 1 is 1.05 bits per heavy atom. The van der Waals surface area contributed by atoms with E-state index >= 15 is 0 Å². The number of alkyl halides is 3. The van der Waals surface area contributed by atoms with Crippen molar-refractivity contribution in [3.8, 4) is 5.75 Å². The van der Waals surface area contributed by atoms with Crippen LogP contribution in [0, 0.1) is 34.5 Å². The van der Waals surface area contributed by atoms with E-state index < -0.39 is 84.0 Å². The van der Waals surface area contributed by atoms with Crippen LogP contribution in [0.25, 0.3) is 0 Å². The van der Waals surface area contributed by atoms with E-state index in [2.05, 4.69) is 13.0 Å². The summed E-state index contributed by atoms with van der Waals surface area (Å²) < 4.78 is 56.6. The number of halogens is 3. The number of unbranched alkanes of at least 4 members (excludes halogenated alkanes) is 1. The number of Topliss-reactive ketones (excluding diaryl/α,β-unsaturated/α-hetero) is 1. The number of benzene rings is 1. The van der Waals surface area contributed by atoms with Gasteiger partial charge in [0.25, 0.3) is 0 Å². The zero-order valence-corrected chi connectivity index (χ0v) is 33.5. The fourth-order valence-corrected chi connectivity index (χ4v) is 10.5. The Hall–Kier alpha value is -4.27. The summed E-state index contributed by atoms with van der Waals surface area (Å²) in [6.07, 6.45) is 6.91. The van der Waals surface area contributed by atoms with Crippen LogP contribution in [0.1, 0.15) is 96.5 Å². The molecule has 0 bridgehead atoms. The van der Waals surface area contributed by atoms with E-state index in [1.165, 1.54) is 23.8 Å². The standard InChI is InChI=1S/C45H55F3O11/c1-42-19-16-29(49)22-27(42)12-14-34-35(42)17-20-43(2)36(34)18-21-44(43,56)39(52)26-58-41(55)59-31(25-57-30-9-7-8-28(23-30)45(46,47)48)13-15-33-32(37(50)24-38(33)51)10-5-3-4-6-11-40(53)54/h3,5,7-9,13,15,17,22-23,31-34,36-38,50-51,56H,4,6,10-12,14,16,18-21,24-26H2,1-2H3,(H,53,54)/b5-3-,15-13+/t31-,32-,33-,34-,36+,37+,38-,42+,43+,44+/m1/s1. The Balaban J connectivity index is 1.12. The lowest BCUT2D eigenvalue weighted by Gasteiger charge is -2.54. The third-order valence-electron chi connectivity index (χ3n) is 13.9. The first-order valence-electron chi connectivity index (χ1n) is 20.6. The number of hydrogen-bond acceptors (Lipinski definition) is 10. The monoisotopic (exact) mass is 828 g/mol. The molecule has 322 valence electrons. The number of carboxylic acids is 1. The van der Waals surface area contributed by atoms with E-state index in [0.717, 1.165) is 37.0 Å². The maximum Gasteiger partial charge on any atom is 0.509 e. The van der Waals surface area contributed by atoms with Crippen LogP contribution in [0.2, 0.25) is 0 Å². The highest BCUT2D eigenvalue weighted by Gasteiger charge is 2.64. The predicted octanol–water partition coefficient (Wildman–Crippen LogP) is 7.47. The van der Waals surface area contributed by atoms with Crippen LogP contribution in [0.3, 0.4) is 0 Å². The van der Waals surface area contributed by atoms with E-state index in [-0.39, 0.29) is 48.0 Å². The molecule has 3 fully saturated rings. The molecule has 1 aromatic carbocycles. The Morgan fingerprint density at radius 3 is 2.58 bits per heavy atom. The zero-order valence-electron chi connectivity index (χ0n) is 33.5. The minimum absolute atomic E-state index is 0.00243. The van der Waals surface area contributed by atoms with E-state index in [0.29, 0.717) is 38.5 Å². The number of carboxylic acid groups (broad SMARTS) is 1. The van der Waals surface area contributed by atoms with Crippen molar-refractivity contribution in [2.75, 3.05) is 13.2 Å². The number of ether oxygens (including phenoxy) is 3. The fourth-order valence-electron chi connectivity index (χ4n) is 10.5. The number of allylic oxidation sites excluding steroid dienone is 6. The van der Waals surface area contributed by atoms with Gasteiger partial charge in [0.1, 0.15) is 18.0 Å². The molecule has 5 aliphatic carbocycles. The third kappa shape index (κ3) is 9.39. The van der Waals surface area contributed by atoms with Gasteiger partial charge in [-0.1, -0.05) is 55.4 Å². The molecular weight excluding hydrogens is 773 g/mol. The van der Waals surface area contributed by atoms with Crippen LogP contribution >= 0.6 is 0 Å². The van der Waals surface area contributed by atoms with Crippen LogP contribution in [0.15, 0.2) is 71.9 Å². The summed E-state index contributed by atoms with van der Waals surface area (Å²) in [5, 5.41) is 42.4. The number of carbonyl (C=O) groups excluding carboxylic acids is 3. The molecule has 1 aromatic rings. The van der Waals surface area contributed by atoms with Gasteiger partial charge < -0.3 is 34.6 Å². The lowest BCUT2D eigenvalue weighted by atomic mass is 9.50. The lowest BCUT2D eigenvalue weighted by Crippen LogP contribution is -2.55. The van der Waals surface area contributed by atoms with Gasteiger partial charge >= 0.3 is 18.3 Å². The number of aliphatic hydroxyl groups excluding tert-OH is 2. The smallest absolute Gasteiger partial charge is 0.489 e. The van der Waals surface area contributed by atoms with Gasteiger partial charge in [0.2, 0.25) is 5.78 Å². The van der Waals surface area contributed by atoms with Crippen molar-refractivity contribution in [3.05, 3.63) is 77.4 Å². The summed E-state index contributed by atoms with van der Waals surface area (Å²) in [6, 6.07) is 4.16. The summed E-state index contributed by atoms with van der Waals surface area (Å²) in [6.45, 7) is 2.85. The second kappa shape index (κ2) is 17.8. The van der Waals surface area contributed by atoms with Crippen LogP contribution in [0.5, 0.6) is 5.75 Å². The van der Waals surface area contributed by atoms with Crippen molar-refractivity contribution >= 4 is 23.7 Å². The molecule has 5 aliphatic rings. The van der Waals surface area contributed by atoms with Gasteiger partial charge in [-0.25, -0.2) is 4.79 Å². The van der Waals surface area contributed by atoms with Crippen LogP contribution < -0.4 is 4.74 Å². The fraction of sp³-hybridized carbons (Fsp3) is 0.600. The van der Waals surface area contributed by atoms with E-state index in [1.807, 2.05) is 13.0 Å². The number of rotatable bonds is 15. The molecule has 0 spiro atoms. The summed E-state index contributed by atoms with van der Waals surface area (Å²) >= 11 is 0. The summed E-state index contributed by atoms with van der Waals surface area (Å²) in [5.74, 6) is -2.50. The van der Waals surface area contributed by atoms with Gasteiger partial charge in [0.15, 0.2) is 18.5 Å². The van der Waals surface area contributed by atoms with Crippen molar-refractivity contribution in [2.45, 2.75) is 121 Å². The minimum Gasteiger partial charge on any atom is -0.489 e. The highest BCUT2D eigenvalue weighted by Crippen LogP contribution is 2.65. The van der Waals surface area contributed by atoms with Gasteiger partial charge in [-0.3, -0.25) is 14.4 Å². The summed E-state index contributed by atoms with van der Waals surface area (Å²) in [7, 11) is 0. The minimum atomic E-state index is -4.63. The van der Waals surface area contributed by atoms with E-state index in [1.54, 1.807) is 18.2 Å². The molecule has 0 aromatic heterocycles. The molecule has 0 amide bonds. The first-order chi connectivity index (χ1) is 27.9. The molecule has 0 radical (unpaired) electrons. The van der Waals surface area contributed by atoms with Crippen molar-refractivity contribution in [1.29, 1.82) is 0 Å². The largest absolute Gasteiger partial charge is 0.509 e. The predicted molar refractivity (Wildman–Crippen MR) is 208 cm³/mol. The van der Waals surface area contributed by atoms with Gasteiger partial charge in [-0.15, -0.1) is 0 Å². The maximum atomic E-state index is 13.8. The SMILES string of the molecule is C[C@]12CCC(=O)C=C1CC[C@@H]1C2=CC[C@@]2(C)[C@H]1CC[C@]2(O)C(=O)COC(=O)O[C@H](/C=C/[C@@H]1[C@@H](C/C=C\CCCC(=O)O)[C@@H](O)C[C@H]1O)COc1cccc(C(F)(F)F)c1. The third-order valence-corrected chi connectivity index (χ3v) is 13.9. The van der Waals surface area contributed by atoms with E-state index in [9.17, 15) is 47.7 Å². The van der Waals surface area contributed by atoms with E-state index in [4.69, 9.17) is 19.3 Å². The average Bonchev–Trinajstić information content (AvgIpc) is 3.62. The molecule has 59 heavy (non-hydrogen) atoms. The van der Waals surface area contributed by atoms with Crippen LogP contribution in [-0.2, 0) is 30.0 Å². The van der Waals surface area contributed by atoms with Crippen molar-refractivity contribution < 1.29 is 67.0 Å². The highest BCUT2D eigenvalue weighted by atomic mass is 19.4. The Labute approximate surface area is 342 Å². The number of hydrogen-bond donors (Lipinski definition) is 4. The number of aliphatic carboxylic acids is 1. The lowest BCUT2D eigenvalue weighted by molar-refractivity contribution is -0.156. The molecule has 0 heterocycles. The first-order valence-corrected chi connectivity index (χ1v) is 20.6. The van der Waals surface area contributed by atoms with Gasteiger partial charge in [-0.2, -0.15) is 13.2 Å². The van der Waals surface area contributed by atoms with Gasteiger partial charge in [0.05, 0.1) is 17.8 Å². The molecule has 4 N–H and O–H groups in total. The topological polar surface area (TPSA) is 177 Å². The average molecular weight is 829 g/mol. The molecule has 0 unspecified atom stereocenters. The molecule has 0 saturated heterocycles. The normalized spacial score (nSPS) is 33.5. The number of aliphatic hydroxyl groups is 3. The number of ketones is 2. The first kappa shape index (κ1) is 44.3. The Bertz CT molecular complexity index is 1880. The molecule has 10 atom stereocenters. The molecule has 11 nitrogen and oxygen atoms in total.